The minimum absolute atomic E-state index is 0.00240. The third-order valence-corrected chi connectivity index (χ3v) is 5.57. The quantitative estimate of drug-likeness (QED) is 0.348. The number of aliphatic carboxylic acids is 1. The van der Waals surface area contributed by atoms with Gasteiger partial charge in [0.05, 0.1) is 4.90 Å². The predicted octanol–water partition coefficient (Wildman–Crippen LogP) is 3.71. The molecule has 0 unspecified atom stereocenters. The van der Waals surface area contributed by atoms with Gasteiger partial charge in [-0.2, -0.15) is 13.2 Å². The number of carboxylic acids is 1. The zero-order valence-electron chi connectivity index (χ0n) is 18.3. The molecule has 0 amide bonds. The van der Waals surface area contributed by atoms with Crippen LogP contribution in [0.15, 0.2) is 65.8 Å². The molecule has 4 N–H and O–H groups in total. The molecule has 0 radical (unpaired) electrons. The summed E-state index contributed by atoms with van der Waals surface area (Å²) in [6.07, 6.45) is -3.69. The van der Waals surface area contributed by atoms with Crippen molar-refractivity contribution in [3.8, 4) is 0 Å². The second kappa shape index (κ2) is 11.4. The molecule has 10 nitrogen and oxygen atoms in total. The van der Waals surface area contributed by atoms with E-state index < -0.39 is 22.2 Å². The number of benzene rings is 2. The molecule has 1 heterocycles. The van der Waals surface area contributed by atoms with Crippen molar-refractivity contribution < 1.29 is 36.3 Å². The summed E-state index contributed by atoms with van der Waals surface area (Å²) in [6, 6.07) is 15.1. The number of halogens is 3. The Balaban J connectivity index is 0.000000540. The number of aromatic nitrogens is 2. The van der Waals surface area contributed by atoms with Crippen molar-refractivity contribution in [3.63, 3.8) is 0 Å². The highest BCUT2D eigenvalue weighted by Gasteiger charge is 2.38. The topological polar surface area (TPSA) is 150 Å². The molecule has 3 rings (SSSR count). The minimum Gasteiger partial charge on any atom is -0.475 e. The van der Waals surface area contributed by atoms with Gasteiger partial charge in [-0.05, 0) is 56.4 Å². The number of carboxylic acid groups (broad SMARTS) is 1. The zero-order valence-corrected chi connectivity index (χ0v) is 19.1. The van der Waals surface area contributed by atoms with E-state index in [1.807, 2.05) is 0 Å². The van der Waals surface area contributed by atoms with Crippen LogP contribution in [-0.4, -0.2) is 48.5 Å². The maximum absolute atomic E-state index is 11.9. The number of Topliss-reactive ketones (excluding diaryl/α,β-unsaturated/α-hetero) is 1. The first-order valence-corrected chi connectivity index (χ1v) is 11.1. The van der Waals surface area contributed by atoms with Crippen molar-refractivity contribution in [2.24, 2.45) is 0 Å². The van der Waals surface area contributed by atoms with Crippen LogP contribution in [0.1, 0.15) is 17.3 Å². The highest BCUT2D eigenvalue weighted by molar-refractivity contribution is 7.89. The molecule has 0 atom stereocenters. The monoisotopic (exact) mass is 511 g/mol. The first kappa shape index (κ1) is 27.2. The van der Waals surface area contributed by atoms with Gasteiger partial charge in [-0.1, -0.05) is 6.07 Å². The first-order valence-electron chi connectivity index (χ1n) is 9.62. The van der Waals surface area contributed by atoms with Gasteiger partial charge in [-0.25, -0.2) is 27.9 Å². The minimum atomic E-state index is -5.08. The van der Waals surface area contributed by atoms with E-state index in [-0.39, 0.29) is 10.7 Å². The van der Waals surface area contributed by atoms with Crippen molar-refractivity contribution >= 4 is 44.8 Å². The van der Waals surface area contributed by atoms with Crippen molar-refractivity contribution in [2.75, 3.05) is 17.7 Å². The standard InChI is InChI=1S/C19H19N5O3S.C2HF3O2/c1-13(25)14-6-8-15(9-7-14)23-18-11-19(22-12-21-18)24-16-4-3-5-17(10-16)28(26,27)20-2;3-2(4,5)1(6)7/h3-12,20H,1-2H3,(H2,21,22,23,24);(H,6,7). The van der Waals surface area contributed by atoms with Gasteiger partial charge >= 0.3 is 12.1 Å². The van der Waals surface area contributed by atoms with E-state index in [9.17, 15) is 26.4 Å². The van der Waals surface area contributed by atoms with Crippen LogP contribution < -0.4 is 15.4 Å². The molecule has 186 valence electrons. The Kier molecular flexibility index (Phi) is 8.86. The van der Waals surface area contributed by atoms with E-state index in [2.05, 4.69) is 25.3 Å². The Morgan fingerprint density at radius 2 is 1.46 bits per heavy atom. The molecule has 35 heavy (non-hydrogen) atoms. The molecule has 1 aromatic heterocycles. The number of carbonyl (C=O) groups is 2. The molecule has 0 spiro atoms. The molecule has 0 aliphatic carbocycles. The number of nitrogens with zero attached hydrogens (tertiary/aromatic N) is 2. The van der Waals surface area contributed by atoms with Crippen LogP contribution in [0.5, 0.6) is 0 Å². The summed E-state index contributed by atoms with van der Waals surface area (Å²) in [4.78, 5) is 28.7. The van der Waals surface area contributed by atoms with Crippen molar-refractivity contribution in [3.05, 3.63) is 66.5 Å². The molecule has 0 saturated carbocycles. The molecule has 3 aromatic rings. The van der Waals surface area contributed by atoms with Crippen LogP contribution in [0.3, 0.4) is 0 Å². The zero-order chi connectivity index (χ0) is 26.2. The maximum atomic E-state index is 11.9. The Morgan fingerprint density at radius 1 is 0.914 bits per heavy atom. The van der Waals surface area contributed by atoms with Gasteiger partial charge in [0.25, 0.3) is 0 Å². The number of hydrogen-bond acceptors (Lipinski definition) is 8. The van der Waals surface area contributed by atoms with Gasteiger partial charge in [0, 0.05) is 23.0 Å². The maximum Gasteiger partial charge on any atom is 0.490 e. The number of nitrogens with one attached hydrogen (secondary N) is 3. The highest BCUT2D eigenvalue weighted by Crippen LogP contribution is 2.21. The first-order chi connectivity index (χ1) is 16.3. The normalized spacial score (nSPS) is 11.1. The van der Waals surface area contributed by atoms with E-state index >= 15 is 0 Å². The van der Waals surface area contributed by atoms with Gasteiger partial charge in [-0.3, -0.25) is 4.79 Å². The lowest BCUT2D eigenvalue weighted by Crippen LogP contribution is -2.21. The molecule has 14 heteroatoms. The molecule has 0 aliphatic rings. The van der Waals surface area contributed by atoms with Gasteiger partial charge in [0.15, 0.2) is 5.78 Å². The summed E-state index contributed by atoms with van der Waals surface area (Å²) in [5.74, 6) is -1.71. The van der Waals surface area contributed by atoms with E-state index in [1.54, 1.807) is 42.5 Å². The molecular weight excluding hydrogens is 491 g/mol. The van der Waals surface area contributed by atoms with Gasteiger partial charge in [0.1, 0.15) is 18.0 Å². The number of hydrogen-bond donors (Lipinski definition) is 4. The number of sulfonamides is 1. The SMILES string of the molecule is CNS(=O)(=O)c1cccc(Nc2cc(Nc3ccc(C(C)=O)cc3)ncn2)c1.O=C(O)C(F)(F)F. The third kappa shape index (κ3) is 8.35. The largest absolute Gasteiger partial charge is 0.490 e. The lowest BCUT2D eigenvalue weighted by Gasteiger charge is -2.10. The van der Waals surface area contributed by atoms with Gasteiger partial charge < -0.3 is 15.7 Å². The average Bonchev–Trinajstić information content (AvgIpc) is 2.79. The van der Waals surface area contributed by atoms with Gasteiger partial charge in [0.2, 0.25) is 10.0 Å². The fourth-order valence-electron chi connectivity index (χ4n) is 2.44. The second-order valence-corrected chi connectivity index (χ2v) is 8.60. The van der Waals surface area contributed by atoms with E-state index in [0.717, 1.165) is 5.69 Å². The highest BCUT2D eigenvalue weighted by atomic mass is 32.2. The van der Waals surface area contributed by atoms with E-state index in [4.69, 9.17) is 9.90 Å². The number of alkyl halides is 3. The van der Waals surface area contributed by atoms with Crippen LogP contribution in [0, 0.1) is 0 Å². The number of ketones is 1. The Hall–Kier alpha value is -4.04. The van der Waals surface area contributed by atoms with Crippen LogP contribution in [0.2, 0.25) is 0 Å². The van der Waals surface area contributed by atoms with Gasteiger partial charge in [-0.15, -0.1) is 0 Å². The Morgan fingerprint density at radius 3 is 1.94 bits per heavy atom. The van der Waals surface area contributed by atoms with E-state index in [0.29, 0.717) is 22.9 Å². The third-order valence-electron chi connectivity index (χ3n) is 4.16. The van der Waals surface area contributed by atoms with E-state index in [1.165, 1.54) is 32.4 Å². The number of anilines is 4. The molecule has 0 bridgehead atoms. The Bertz CT molecular complexity index is 1300. The number of carbonyl (C=O) groups excluding carboxylic acids is 1. The lowest BCUT2D eigenvalue weighted by molar-refractivity contribution is -0.192. The van der Waals surface area contributed by atoms with Crippen LogP contribution >= 0.6 is 0 Å². The van der Waals surface area contributed by atoms with Crippen LogP contribution in [-0.2, 0) is 14.8 Å². The molecule has 0 fully saturated rings. The predicted molar refractivity (Wildman–Crippen MR) is 121 cm³/mol. The second-order valence-electron chi connectivity index (χ2n) is 6.71. The lowest BCUT2D eigenvalue weighted by atomic mass is 10.1. The molecule has 2 aromatic carbocycles. The molecule has 0 aliphatic heterocycles. The average molecular weight is 511 g/mol. The fraction of sp³-hybridized carbons (Fsp3) is 0.143. The summed E-state index contributed by atoms with van der Waals surface area (Å²) >= 11 is 0. The Labute approximate surface area is 198 Å². The summed E-state index contributed by atoms with van der Waals surface area (Å²) < 4.78 is 57.9. The summed E-state index contributed by atoms with van der Waals surface area (Å²) in [6.45, 7) is 1.52. The van der Waals surface area contributed by atoms with Crippen LogP contribution in [0.4, 0.5) is 36.2 Å². The smallest absolute Gasteiger partial charge is 0.475 e. The molecular formula is C21H20F3N5O5S. The van der Waals surface area contributed by atoms with Crippen LogP contribution in [0.25, 0.3) is 0 Å². The van der Waals surface area contributed by atoms with Crippen molar-refractivity contribution in [2.45, 2.75) is 18.0 Å². The summed E-state index contributed by atoms with van der Waals surface area (Å²) in [5, 5.41) is 13.3. The summed E-state index contributed by atoms with van der Waals surface area (Å²) in [5.41, 5.74) is 1.98. The van der Waals surface area contributed by atoms with Crippen molar-refractivity contribution in [1.82, 2.24) is 14.7 Å². The number of rotatable bonds is 7. The van der Waals surface area contributed by atoms with Crippen molar-refractivity contribution in [1.29, 1.82) is 0 Å². The fourth-order valence-corrected chi connectivity index (χ4v) is 3.21. The molecule has 0 saturated heterocycles. The summed E-state index contributed by atoms with van der Waals surface area (Å²) in [7, 11) is -2.17.